The van der Waals surface area contributed by atoms with E-state index in [-0.39, 0.29) is 17.0 Å². The van der Waals surface area contributed by atoms with Gasteiger partial charge in [-0.05, 0) is 46.2 Å². The van der Waals surface area contributed by atoms with Crippen LogP contribution in [-0.2, 0) is 27.9 Å². The second-order valence-electron chi connectivity index (χ2n) is 6.01. The summed E-state index contributed by atoms with van der Waals surface area (Å²) >= 11 is 0. The zero-order valence-electron chi connectivity index (χ0n) is 15.3. The van der Waals surface area contributed by atoms with Crippen molar-refractivity contribution >= 4 is 23.4 Å². The van der Waals surface area contributed by atoms with Crippen LogP contribution in [0.5, 0.6) is 0 Å². The van der Waals surface area contributed by atoms with Crippen molar-refractivity contribution in [1.82, 2.24) is 0 Å². The topological polar surface area (TPSA) is 122 Å². The number of non-ortho nitro benzene ring substituents is 1. The zero-order valence-corrected chi connectivity index (χ0v) is 17.0. The molecule has 0 fully saturated rings. The highest BCUT2D eigenvalue weighted by atomic mass is 32.2. The molecule has 1 rings (SSSR count). The van der Waals surface area contributed by atoms with E-state index >= 15 is 0 Å². The number of benzene rings is 1. The average molecular weight is 409 g/mol. The molecule has 1 aromatic carbocycles. The molecule has 0 aromatic heterocycles. The largest absolute Gasteiger partial charge is 0.361 e. The summed E-state index contributed by atoms with van der Waals surface area (Å²) in [6, 6.07) is 4.20. The van der Waals surface area contributed by atoms with Crippen molar-refractivity contribution in [2.45, 2.75) is 64.0 Å². The standard InChI is InChI=1S/C15H24NO8PS/c1-6-15(25(19,22-11(2)3)23-12(4)5)24-26(20,21)14-9-7-13(8-10-14)16(17)18/h7-12,15H,6H2,1-5H3/t15-/m1/s1. The minimum absolute atomic E-state index is 0.0585. The quantitative estimate of drug-likeness (QED) is 0.245. The Morgan fingerprint density at radius 2 is 1.54 bits per heavy atom. The first-order valence-corrected chi connectivity index (χ1v) is 11.1. The van der Waals surface area contributed by atoms with Gasteiger partial charge in [0.25, 0.3) is 15.8 Å². The number of hydrogen-bond acceptors (Lipinski definition) is 8. The third kappa shape index (κ3) is 6.14. The van der Waals surface area contributed by atoms with Gasteiger partial charge in [0.05, 0.1) is 22.0 Å². The molecule has 0 N–H and O–H groups in total. The van der Waals surface area contributed by atoms with E-state index in [1.165, 1.54) is 0 Å². The van der Waals surface area contributed by atoms with Crippen LogP contribution in [0.1, 0.15) is 41.0 Å². The molecule has 1 aromatic rings. The molecule has 0 bridgehead atoms. The van der Waals surface area contributed by atoms with Gasteiger partial charge in [0.15, 0.2) is 5.85 Å². The Bertz CT molecular complexity index is 746. The lowest BCUT2D eigenvalue weighted by Gasteiger charge is -2.28. The normalized spacial score (nSPS) is 14.0. The van der Waals surface area contributed by atoms with Gasteiger partial charge in [-0.2, -0.15) is 8.42 Å². The highest BCUT2D eigenvalue weighted by molar-refractivity contribution is 7.87. The Balaban J connectivity index is 3.15. The van der Waals surface area contributed by atoms with E-state index in [0.717, 1.165) is 24.3 Å². The molecule has 11 heteroatoms. The van der Waals surface area contributed by atoms with Crippen molar-refractivity contribution in [2.75, 3.05) is 0 Å². The fraction of sp³-hybridized carbons (Fsp3) is 0.600. The molecule has 148 valence electrons. The first-order valence-electron chi connectivity index (χ1n) is 8.05. The van der Waals surface area contributed by atoms with Crippen molar-refractivity contribution in [3.63, 3.8) is 0 Å². The third-order valence-electron chi connectivity index (χ3n) is 2.99. The molecule has 0 amide bonds. The molecule has 0 aliphatic carbocycles. The Kier molecular flexibility index (Phi) is 7.91. The van der Waals surface area contributed by atoms with Crippen LogP contribution in [0.25, 0.3) is 0 Å². The molecule has 26 heavy (non-hydrogen) atoms. The molecule has 0 aliphatic heterocycles. The lowest BCUT2D eigenvalue weighted by atomic mass is 10.3. The van der Waals surface area contributed by atoms with Crippen LogP contribution in [0, 0.1) is 10.1 Å². The predicted octanol–water partition coefficient (Wildman–Crippen LogP) is 4.08. The minimum atomic E-state index is -4.32. The van der Waals surface area contributed by atoms with Crippen LogP contribution in [0.4, 0.5) is 5.69 Å². The summed E-state index contributed by atoms with van der Waals surface area (Å²) < 4.78 is 54.0. The van der Waals surface area contributed by atoms with Crippen molar-refractivity contribution in [2.24, 2.45) is 0 Å². The second-order valence-corrected chi connectivity index (χ2v) is 9.66. The number of nitro benzene ring substituents is 1. The molecule has 0 spiro atoms. The van der Waals surface area contributed by atoms with Crippen molar-refractivity contribution in [3.05, 3.63) is 34.4 Å². The maximum atomic E-state index is 13.1. The number of nitro groups is 1. The summed E-state index contributed by atoms with van der Waals surface area (Å²) in [5.41, 5.74) is -0.257. The van der Waals surface area contributed by atoms with Crippen molar-refractivity contribution in [3.8, 4) is 0 Å². The summed E-state index contributed by atoms with van der Waals surface area (Å²) in [5, 5.41) is 10.7. The number of rotatable bonds is 10. The average Bonchev–Trinajstić information content (AvgIpc) is 2.51. The SMILES string of the molecule is CC[C@H](OS(=O)(=O)c1ccc([N+](=O)[O-])cc1)P(=O)(OC(C)C)OC(C)C. The van der Waals surface area contributed by atoms with E-state index in [1.807, 2.05) is 0 Å². The fourth-order valence-electron chi connectivity index (χ4n) is 2.03. The zero-order chi connectivity index (χ0) is 20.1. The van der Waals surface area contributed by atoms with Gasteiger partial charge in [0, 0.05) is 12.1 Å². The molecule has 1 atom stereocenters. The molecular weight excluding hydrogens is 385 g/mol. The maximum Gasteiger partial charge on any atom is 0.361 e. The number of nitrogens with zero attached hydrogens (tertiary/aromatic N) is 1. The second kappa shape index (κ2) is 9.05. The van der Waals surface area contributed by atoms with Crippen LogP contribution in [-0.4, -0.2) is 31.4 Å². The Labute approximate surface area is 153 Å². The third-order valence-corrected chi connectivity index (χ3v) is 7.08. The van der Waals surface area contributed by atoms with Gasteiger partial charge in [0.2, 0.25) is 0 Å². The predicted molar refractivity (Wildman–Crippen MR) is 95.5 cm³/mol. The van der Waals surface area contributed by atoms with Crippen LogP contribution in [0.15, 0.2) is 29.2 Å². The van der Waals surface area contributed by atoms with E-state index in [9.17, 15) is 23.1 Å². The van der Waals surface area contributed by atoms with Gasteiger partial charge in [-0.25, -0.2) is 0 Å². The summed E-state index contributed by atoms with van der Waals surface area (Å²) in [5.74, 6) is -1.34. The molecule has 9 nitrogen and oxygen atoms in total. The molecule has 0 aliphatic rings. The smallest absolute Gasteiger partial charge is 0.304 e. The summed E-state index contributed by atoms with van der Waals surface area (Å²) in [6.45, 7) is 8.18. The summed E-state index contributed by atoms with van der Waals surface area (Å²) in [7, 11) is -8.22. The molecule has 0 saturated heterocycles. The van der Waals surface area contributed by atoms with Crippen molar-refractivity contribution < 1.29 is 31.1 Å². The van der Waals surface area contributed by atoms with Gasteiger partial charge in [0.1, 0.15) is 0 Å². The first-order chi connectivity index (χ1) is 11.9. The molecule has 0 radical (unpaired) electrons. The lowest BCUT2D eigenvalue weighted by Crippen LogP contribution is -2.23. The van der Waals surface area contributed by atoms with Gasteiger partial charge in [-0.1, -0.05) is 6.92 Å². The van der Waals surface area contributed by atoms with Crippen molar-refractivity contribution in [1.29, 1.82) is 0 Å². The van der Waals surface area contributed by atoms with Crippen LogP contribution < -0.4 is 0 Å². The molecule has 0 saturated carbocycles. The fourth-order valence-corrected chi connectivity index (χ4v) is 5.74. The molecular formula is C15H24NO8PS. The van der Waals surface area contributed by atoms with E-state index in [4.69, 9.17) is 13.2 Å². The summed E-state index contributed by atoms with van der Waals surface area (Å²) in [6.07, 6.45) is -0.887. The molecule has 0 heterocycles. The van der Waals surface area contributed by atoms with Gasteiger partial charge < -0.3 is 9.05 Å². The van der Waals surface area contributed by atoms with E-state index in [2.05, 4.69) is 0 Å². The van der Waals surface area contributed by atoms with Crippen LogP contribution in [0.2, 0.25) is 0 Å². The highest BCUT2D eigenvalue weighted by Crippen LogP contribution is 2.57. The first kappa shape index (κ1) is 22.7. The van der Waals surface area contributed by atoms with E-state index in [0.29, 0.717) is 0 Å². The Morgan fingerprint density at radius 3 is 1.88 bits per heavy atom. The minimum Gasteiger partial charge on any atom is -0.304 e. The van der Waals surface area contributed by atoms with Crippen LogP contribution in [0.3, 0.4) is 0 Å². The van der Waals surface area contributed by atoms with E-state index < -0.39 is 40.7 Å². The number of hydrogen-bond donors (Lipinski definition) is 0. The van der Waals surface area contributed by atoms with E-state index in [1.54, 1.807) is 34.6 Å². The maximum absolute atomic E-state index is 13.1. The van der Waals surface area contributed by atoms with Gasteiger partial charge in [-0.3, -0.25) is 18.9 Å². The lowest BCUT2D eigenvalue weighted by molar-refractivity contribution is -0.384. The van der Waals surface area contributed by atoms with Gasteiger partial charge >= 0.3 is 7.60 Å². The van der Waals surface area contributed by atoms with Crippen LogP contribution >= 0.6 is 7.60 Å². The highest BCUT2D eigenvalue weighted by Gasteiger charge is 2.41. The summed E-state index contributed by atoms with van der Waals surface area (Å²) in [4.78, 5) is 9.74. The Hall–Kier alpha value is -1.32. The molecule has 0 unspecified atom stereocenters. The monoisotopic (exact) mass is 409 g/mol. The van der Waals surface area contributed by atoms with Gasteiger partial charge in [-0.15, -0.1) is 0 Å². The Morgan fingerprint density at radius 1 is 1.08 bits per heavy atom.